The molecular weight excluding hydrogens is 500 g/mol. The molecule has 0 atom stereocenters. The molecule has 0 bridgehead atoms. The molecule has 0 radical (unpaired) electrons. The number of hydrogen-bond donors (Lipinski definition) is 2. The zero-order chi connectivity index (χ0) is 26.1. The van der Waals surface area contributed by atoms with Crippen molar-refractivity contribution in [3.05, 3.63) is 65.6 Å². The number of benzene rings is 1. The van der Waals surface area contributed by atoms with Crippen molar-refractivity contribution in [2.75, 3.05) is 11.5 Å². The molecular formula is C25H28N4O5S2. The lowest BCUT2D eigenvalue weighted by Crippen LogP contribution is -2.23. The first-order valence-corrected chi connectivity index (χ1v) is 14.9. The molecule has 36 heavy (non-hydrogen) atoms. The molecule has 11 heteroatoms. The molecule has 0 aliphatic rings. The number of nitrogens with zero attached hydrogens (tertiary/aromatic N) is 2. The minimum Gasteiger partial charge on any atom is -0.361 e. The Hall–Kier alpha value is -3.44. The number of sulfone groups is 2. The normalized spacial score (nSPS) is 12.6. The third-order valence-electron chi connectivity index (χ3n) is 5.85. The van der Waals surface area contributed by atoms with E-state index in [0.717, 1.165) is 16.5 Å². The summed E-state index contributed by atoms with van der Waals surface area (Å²) < 4.78 is 54.9. The molecule has 3 aromatic heterocycles. The molecule has 0 fully saturated rings. The van der Waals surface area contributed by atoms with Crippen molar-refractivity contribution in [1.29, 1.82) is 0 Å². The van der Waals surface area contributed by atoms with Crippen molar-refractivity contribution < 1.29 is 21.6 Å². The molecule has 4 aromatic rings. The monoisotopic (exact) mass is 528 g/mol. The van der Waals surface area contributed by atoms with Crippen molar-refractivity contribution in [3.8, 4) is 0 Å². The topological polar surface area (TPSA) is 130 Å². The standard InChI is InChI=1S/C25H28N4O5S2/c1-4-13-35(31,32)23-21-17(3)9-8-12-29(21)22(24(23)36(33,34)14-5-2)25(30)28-27-16-18-15-26-20-11-7-6-10-19(18)20/h6-12,15-16,26H,4-5,13-14H2,1-3H3,(H,28,30)/b27-16-. The van der Waals surface area contributed by atoms with Gasteiger partial charge in [0.25, 0.3) is 5.91 Å². The Kier molecular flexibility index (Phi) is 7.05. The Labute approximate surface area is 210 Å². The van der Waals surface area contributed by atoms with Gasteiger partial charge in [0, 0.05) is 28.9 Å². The Balaban J connectivity index is 1.89. The average molecular weight is 529 g/mol. The number of hydrazone groups is 1. The lowest BCUT2D eigenvalue weighted by atomic mass is 10.2. The van der Waals surface area contributed by atoms with Crippen LogP contribution in [0.1, 0.15) is 48.3 Å². The molecule has 1 amide bonds. The molecule has 9 nitrogen and oxygen atoms in total. The van der Waals surface area contributed by atoms with Crippen LogP contribution >= 0.6 is 0 Å². The van der Waals surface area contributed by atoms with Crippen LogP contribution in [0.5, 0.6) is 0 Å². The van der Waals surface area contributed by atoms with Crippen LogP contribution in [0.15, 0.2) is 63.7 Å². The number of nitrogens with one attached hydrogen (secondary N) is 2. The highest BCUT2D eigenvalue weighted by Gasteiger charge is 2.37. The second-order valence-corrected chi connectivity index (χ2v) is 12.6. The Bertz CT molecular complexity index is 1700. The van der Waals surface area contributed by atoms with Gasteiger partial charge in [0.1, 0.15) is 15.5 Å². The van der Waals surface area contributed by atoms with Crippen molar-refractivity contribution in [2.45, 2.75) is 43.4 Å². The van der Waals surface area contributed by atoms with E-state index in [-0.39, 0.29) is 34.0 Å². The van der Waals surface area contributed by atoms with Crippen LogP contribution in [0.25, 0.3) is 16.4 Å². The van der Waals surface area contributed by atoms with E-state index in [0.29, 0.717) is 12.0 Å². The van der Waals surface area contributed by atoms with Crippen LogP contribution in [-0.4, -0.2) is 49.8 Å². The van der Waals surface area contributed by atoms with Crippen molar-refractivity contribution in [2.24, 2.45) is 5.10 Å². The van der Waals surface area contributed by atoms with E-state index in [1.54, 1.807) is 39.1 Å². The summed E-state index contributed by atoms with van der Waals surface area (Å²) in [5, 5.41) is 4.95. The fourth-order valence-electron chi connectivity index (χ4n) is 4.36. The number of carbonyl (C=O) groups excluding carboxylic acids is 1. The van der Waals surface area contributed by atoms with Crippen molar-refractivity contribution in [1.82, 2.24) is 14.8 Å². The van der Waals surface area contributed by atoms with E-state index in [9.17, 15) is 21.6 Å². The summed E-state index contributed by atoms with van der Waals surface area (Å²) in [6.45, 7) is 5.08. The molecule has 0 saturated carbocycles. The van der Waals surface area contributed by atoms with E-state index >= 15 is 0 Å². The number of pyridine rings is 1. The van der Waals surface area contributed by atoms with Gasteiger partial charge in [-0.15, -0.1) is 0 Å². The molecule has 0 spiro atoms. The number of aryl methyl sites for hydroxylation is 1. The van der Waals surface area contributed by atoms with Crippen molar-refractivity contribution in [3.63, 3.8) is 0 Å². The van der Waals surface area contributed by atoms with Crippen LogP contribution in [0.4, 0.5) is 0 Å². The number of aromatic nitrogens is 2. The van der Waals surface area contributed by atoms with Gasteiger partial charge in [0.05, 0.1) is 23.2 Å². The highest BCUT2D eigenvalue weighted by Crippen LogP contribution is 2.35. The third kappa shape index (κ3) is 4.56. The molecule has 190 valence electrons. The number of hydrogen-bond acceptors (Lipinski definition) is 6. The summed E-state index contributed by atoms with van der Waals surface area (Å²) in [5.41, 5.74) is 4.49. The minimum absolute atomic E-state index is 0.186. The summed E-state index contributed by atoms with van der Waals surface area (Å²) >= 11 is 0. The largest absolute Gasteiger partial charge is 0.361 e. The zero-order valence-electron chi connectivity index (χ0n) is 20.3. The summed E-state index contributed by atoms with van der Waals surface area (Å²) in [6, 6.07) is 10.9. The summed E-state index contributed by atoms with van der Waals surface area (Å²) in [7, 11) is -8.12. The fourth-order valence-corrected chi connectivity index (χ4v) is 8.40. The summed E-state index contributed by atoms with van der Waals surface area (Å²) in [4.78, 5) is 15.7. The van der Waals surface area contributed by atoms with E-state index < -0.39 is 30.5 Å². The van der Waals surface area contributed by atoms with Crippen LogP contribution in [-0.2, 0) is 19.7 Å². The number of aromatic amines is 1. The quantitative estimate of drug-likeness (QED) is 0.252. The van der Waals surface area contributed by atoms with Crippen LogP contribution in [0.2, 0.25) is 0 Å². The van der Waals surface area contributed by atoms with Gasteiger partial charge in [-0.05, 0) is 37.5 Å². The minimum atomic E-state index is -4.11. The SMILES string of the molecule is CCCS(=O)(=O)c1c(S(=O)(=O)CCC)c2c(C)cccn2c1C(=O)N/N=C\c1c[nH]c2ccccc12. The molecule has 2 N–H and O–H groups in total. The van der Waals surface area contributed by atoms with E-state index in [4.69, 9.17) is 0 Å². The molecule has 3 heterocycles. The predicted molar refractivity (Wildman–Crippen MR) is 140 cm³/mol. The van der Waals surface area contributed by atoms with Crippen LogP contribution < -0.4 is 5.43 Å². The van der Waals surface area contributed by atoms with E-state index in [1.165, 1.54) is 16.8 Å². The highest BCUT2D eigenvalue weighted by atomic mass is 32.2. The molecule has 0 aliphatic carbocycles. The van der Waals surface area contributed by atoms with Gasteiger partial charge >= 0.3 is 0 Å². The van der Waals surface area contributed by atoms with Gasteiger partial charge in [-0.3, -0.25) is 4.79 Å². The van der Waals surface area contributed by atoms with Crippen LogP contribution in [0, 0.1) is 6.92 Å². The molecule has 0 unspecified atom stereocenters. The maximum absolute atomic E-state index is 13.4. The van der Waals surface area contributed by atoms with Crippen LogP contribution in [0.3, 0.4) is 0 Å². The van der Waals surface area contributed by atoms with Gasteiger partial charge in [0.15, 0.2) is 19.7 Å². The smallest absolute Gasteiger partial charge is 0.289 e. The fraction of sp³-hybridized carbons (Fsp3) is 0.280. The zero-order valence-corrected chi connectivity index (χ0v) is 21.9. The number of H-pyrrole nitrogens is 1. The van der Waals surface area contributed by atoms with Gasteiger partial charge in [-0.25, -0.2) is 22.3 Å². The lowest BCUT2D eigenvalue weighted by molar-refractivity contribution is 0.0945. The number of fused-ring (bicyclic) bond motifs is 2. The van der Waals surface area contributed by atoms with Crippen molar-refractivity contribution >= 4 is 48.2 Å². The maximum atomic E-state index is 13.4. The Morgan fingerprint density at radius 3 is 2.36 bits per heavy atom. The second-order valence-electron chi connectivity index (χ2n) is 8.54. The van der Waals surface area contributed by atoms with Gasteiger partial charge < -0.3 is 9.38 Å². The second kappa shape index (κ2) is 9.90. The average Bonchev–Trinajstić information content (AvgIpc) is 3.40. The first-order chi connectivity index (χ1) is 17.1. The number of carbonyl (C=O) groups is 1. The summed E-state index contributed by atoms with van der Waals surface area (Å²) in [6.07, 6.45) is 5.25. The van der Waals surface area contributed by atoms with E-state index in [2.05, 4.69) is 15.5 Å². The highest BCUT2D eigenvalue weighted by molar-refractivity contribution is 7.94. The van der Waals surface area contributed by atoms with Gasteiger partial charge in [-0.1, -0.05) is 38.1 Å². The Morgan fingerprint density at radius 2 is 1.67 bits per heavy atom. The number of para-hydroxylation sites is 1. The lowest BCUT2D eigenvalue weighted by Gasteiger charge is -2.09. The molecule has 0 saturated heterocycles. The van der Waals surface area contributed by atoms with E-state index in [1.807, 2.05) is 24.3 Å². The predicted octanol–water partition coefficient (Wildman–Crippen LogP) is 3.86. The first-order valence-electron chi connectivity index (χ1n) is 11.6. The molecule has 1 aromatic carbocycles. The van der Waals surface area contributed by atoms with Gasteiger partial charge in [0.2, 0.25) is 0 Å². The number of rotatable bonds is 9. The molecule has 0 aliphatic heterocycles. The Morgan fingerprint density at radius 1 is 1.00 bits per heavy atom. The molecule has 4 rings (SSSR count). The maximum Gasteiger partial charge on any atom is 0.289 e. The third-order valence-corrected chi connectivity index (χ3v) is 9.91. The summed E-state index contributed by atoms with van der Waals surface area (Å²) in [5.74, 6) is -1.36. The number of amides is 1. The van der Waals surface area contributed by atoms with Gasteiger partial charge in [-0.2, -0.15) is 5.10 Å². The first kappa shape index (κ1) is 25.6.